The quantitative estimate of drug-likeness (QED) is 0.449. The van der Waals surface area contributed by atoms with Crippen LogP contribution in [0.15, 0.2) is 36.4 Å². The molecule has 1 atom stereocenters. The molecule has 198 valence electrons. The van der Waals surface area contributed by atoms with E-state index in [4.69, 9.17) is 32.7 Å². The molecule has 36 heavy (non-hydrogen) atoms. The molecule has 2 amide bonds. The molecule has 0 aromatic heterocycles. The number of hydrogen-bond acceptors (Lipinski definition) is 6. The Hall–Kier alpha value is -2.69. The maximum atomic E-state index is 13.6. The first-order valence-electron chi connectivity index (χ1n) is 11.0. The van der Waals surface area contributed by atoms with Gasteiger partial charge in [-0.1, -0.05) is 29.3 Å². The Labute approximate surface area is 222 Å². The van der Waals surface area contributed by atoms with Gasteiger partial charge in [0, 0.05) is 28.7 Å². The third-order valence-electron chi connectivity index (χ3n) is 5.29. The fourth-order valence-electron chi connectivity index (χ4n) is 3.41. The molecule has 12 heteroatoms. The Morgan fingerprint density at radius 3 is 2.17 bits per heavy atom. The van der Waals surface area contributed by atoms with Gasteiger partial charge in [0.05, 0.1) is 26.2 Å². The Morgan fingerprint density at radius 1 is 1.00 bits per heavy atom. The summed E-state index contributed by atoms with van der Waals surface area (Å²) in [6, 6.07) is 8.24. The number of nitrogens with one attached hydrogen (secondary N) is 1. The number of sulfonamides is 1. The number of anilines is 1. The largest absolute Gasteiger partial charge is 0.493 e. The van der Waals surface area contributed by atoms with Gasteiger partial charge >= 0.3 is 0 Å². The Bertz CT molecular complexity index is 1210. The molecule has 2 aromatic carbocycles. The summed E-state index contributed by atoms with van der Waals surface area (Å²) in [5.41, 5.74) is 0.753. The van der Waals surface area contributed by atoms with Crippen molar-refractivity contribution in [2.45, 2.75) is 39.4 Å². The van der Waals surface area contributed by atoms with E-state index in [9.17, 15) is 18.0 Å². The predicted octanol–water partition coefficient (Wildman–Crippen LogP) is 3.72. The number of ether oxygens (including phenoxy) is 2. The van der Waals surface area contributed by atoms with E-state index < -0.39 is 28.5 Å². The van der Waals surface area contributed by atoms with E-state index in [2.05, 4.69) is 5.32 Å². The van der Waals surface area contributed by atoms with Crippen LogP contribution in [0, 0.1) is 0 Å². The molecule has 0 aliphatic heterocycles. The average molecular weight is 561 g/mol. The third kappa shape index (κ3) is 7.65. The topological polar surface area (TPSA) is 105 Å². The first kappa shape index (κ1) is 29.5. The highest BCUT2D eigenvalue weighted by atomic mass is 35.5. The summed E-state index contributed by atoms with van der Waals surface area (Å²) >= 11 is 12.3. The van der Waals surface area contributed by atoms with E-state index in [1.54, 1.807) is 39.0 Å². The molecule has 9 nitrogen and oxygen atoms in total. The summed E-state index contributed by atoms with van der Waals surface area (Å²) in [7, 11) is -1.02. The summed E-state index contributed by atoms with van der Waals surface area (Å²) in [6.45, 7) is 4.58. The van der Waals surface area contributed by atoms with Crippen LogP contribution in [0.4, 0.5) is 5.69 Å². The van der Waals surface area contributed by atoms with E-state index >= 15 is 0 Å². The number of rotatable bonds is 11. The summed E-state index contributed by atoms with van der Waals surface area (Å²) in [5, 5.41) is 3.52. The molecular weight excluding hydrogens is 529 g/mol. The maximum Gasteiger partial charge on any atom is 0.244 e. The van der Waals surface area contributed by atoms with Gasteiger partial charge in [-0.05, 0) is 50.6 Å². The molecule has 1 unspecified atom stereocenters. The van der Waals surface area contributed by atoms with Gasteiger partial charge in [0.2, 0.25) is 21.8 Å². The van der Waals surface area contributed by atoms with Gasteiger partial charge in [0.1, 0.15) is 12.6 Å². The summed E-state index contributed by atoms with van der Waals surface area (Å²) < 4.78 is 36.9. The van der Waals surface area contributed by atoms with Gasteiger partial charge in [0.25, 0.3) is 0 Å². The first-order chi connectivity index (χ1) is 16.8. The van der Waals surface area contributed by atoms with Gasteiger partial charge in [-0.15, -0.1) is 0 Å². The number of hydrogen-bond donors (Lipinski definition) is 1. The van der Waals surface area contributed by atoms with Crippen molar-refractivity contribution in [3.63, 3.8) is 0 Å². The first-order valence-corrected chi connectivity index (χ1v) is 13.6. The fourth-order valence-corrected chi connectivity index (χ4v) is 4.72. The molecule has 0 fully saturated rings. The highest BCUT2D eigenvalue weighted by Crippen LogP contribution is 2.32. The van der Waals surface area contributed by atoms with Crippen molar-refractivity contribution in [1.29, 1.82) is 0 Å². The lowest BCUT2D eigenvalue weighted by Crippen LogP contribution is -2.52. The number of methoxy groups -OCH3 is 2. The highest BCUT2D eigenvalue weighted by molar-refractivity contribution is 7.92. The normalized spacial score (nSPS) is 12.1. The van der Waals surface area contributed by atoms with E-state index in [0.717, 1.165) is 10.6 Å². The molecule has 0 spiro atoms. The second-order valence-electron chi connectivity index (χ2n) is 8.41. The van der Waals surface area contributed by atoms with Crippen LogP contribution in [-0.4, -0.2) is 64.2 Å². The molecule has 2 rings (SSSR count). The van der Waals surface area contributed by atoms with Gasteiger partial charge in [-0.25, -0.2) is 8.42 Å². The predicted molar refractivity (Wildman–Crippen MR) is 141 cm³/mol. The van der Waals surface area contributed by atoms with Crippen LogP contribution < -0.4 is 19.1 Å². The monoisotopic (exact) mass is 559 g/mol. The lowest BCUT2D eigenvalue weighted by atomic mass is 10.1. The van der Waals surface area contributed by atoms with E-state index in [0.29, 0.717) is 27.1 Å². The van der Waals surface area contributed by atoms with E-state index in [-0.39, 0.29) is 24.2 Å². The number of halogens is 2. The summed E-state index contributed by atoms with van der Waals surface area (Å²) in [4.78, 5) is 27.7. The van der Waals surface area contributed by atoms with Crippen molar-refractivity contribution in [3.8, 4) is 11.5 Å². The molecular formula is C24H31Cl2N3O6S. The van der Waals surface area contributed by atoms with Gasteiger partial charge in [-0.3, -0.25) is 13.9 Å². The van der Waals surface area contributed by atoms with Gasteiger partial charge in [-0.2, -0.15) is 0 Å². The summed E-state index contributed by atoms with van der Waals surface area (Å²) in [5.74, 6) is -0.294. The van der Waals surface area contributed by atoms with Crippen LogP contribution in [0.5, 0.6) is 11.5 Å². The molecule has 0 heterocycles. The Kier molecular flexibility index (Phi) is 10.3. The van der Waals surface area contributed by atoms with Crippen molar-refractivity contribution in [2.24, 2.45) is 0 Å². The maximum absolute atomic E-state index is 13.6. The number of carbonyl (C=O) groups excluding carboxylic acids is 2. The van der Waals surface area contributed by atoms with Gasteiger partial charge < -0.3 is 19.7 Å². The molecule has 0 saturated carbocycles. The molecule has 1 N–H and O–H groups in total. The Balaban J connectivity index is 2.47. The number of nitrogens with zero attached hydrogens (tertiary/aromatic N) is 2. The zero-order valence-electron chi connectivity index (χ0n) is 21.0. The minimum Gasteiger partial charge on any atom is -0.493 e. The third-order valence-corrected chi connectivity index (χ3v) is 7.02. The van der Waals surface area contributed by atoms with Crippen LogP contribution >= 0.6 is 23.2 Å². The lowest BCUT2D eigenvalue weighted by Gasteiger charge is -2.32. The zero-order chi connectivity index (χ0) is 27.2. The van der Waals surface area contributed by atoms with Crippen LogP contribution in [0.25, 0.3) is 0 Å². The second-order valence-corrected chi connectivity index (χ2v) is 11.2. The molecule has 0 radical (unpaired) electrons. The minimum atomic E-state index is -3.90. The minimum absolute atomic E-state index is 0.0367. The molecule has 0 saturated heterocycles. The molecule has 0 aliphatic carbocycles. The number of amides is 2. The average Bonchev–Trinajstić information content (AvgIpc) is 2.79. The SMILES string of the molecule is COc1ccc(N(CC(=O)N(Cc2ccc(Cl)cc2Cl)C(C)C(=O)NC(C)C)S(C)(=O)=O)cc1OC. The van der Waals surface area contributed by atoms with Crippen LogP contribution in [-0.2, 0) is 26.2 Å². The lowest BCUT2D eigenvalue weighted by molar-refractivity contribution is -0.139. The fraction of sp³-hybridized carbons (Fsp3) is 0.417. The van der Waals surface area contributed by atoms with Gasteiger partial charge in [0.15, 0.2) is 11.5 Å². The van der Waals surface area contributed by atoms with E-state index in [1.165, 1.54) is 37.3 Å². The summed E-state index contributed by atoms with van der Waals surface area (Å²) in [6.07, 6.45) is 0.992. The number of benzene rings is 2. The van der Waals surface area contributed by atoms with Crippen LogP contribution in [0.2, 0.25) is 10.0 Å². The molecule has 0 aliphatic rings. The Morgan fingerprint density at radius 2 is 1.64 bits per heavy atom. The molecule has 2 aromatic rings. The van der Waals surface area contributed by atoms with Crippen LogP contribution in [0.1, 0.15) is 26.3 Å². The molecule has 0 bridgehead atoms. The van der Waals surface area contributed by atoms with Crippen LogP contribution in [0.3, 0.4) is 0 Å². The van der Waals surface area contributed by atoms with Crippen molar-refractivity contribution < 1.29 is 27.5 Å². The smallest absolute Gasteiger partial charge is 0.244 e. The van der Waals surface area contributed by atoms with E-state index in [1.807, 2.05) is 0 Å². The standard InChI is InChI=1S/C24H31Cl2N3O6S/c1-15(2)27-24(31)16(3)28(13-17-7-8-18(25)11-20(17)26)23(30)14-29(36(6,32)33)19-9-10-21(34-4)22(12-19)35-5/h7-12,15-16H,13-14H2,1-6H3,(H,27,31). The number of carbonyl (C=O) groups is 2. The second kappa shape index (κ2) is 12.5. The van der Waals surface area contributed by atoms with Crippen molar-refractivity contribution in [1.82, 2.24) is 10.2 Å². The van der Waals surface area contributed by atoms with Crippen molar-refractivity contribution in [2.75, 3.05) is 31.3 Å². The highest BCUT2D eigenvalue weighted by Gasteiger charge is 2.31. The zero-order valence-corrected chi connectivity index (χ0v) is 23.4. The van der Waals surface area contributed by atoms with Crippen molar-refractivity contribution in [3.05, 3.63) is 52.0 Å². The van der Waals surface area contributed by atoms with Crippen molar-refractivity contribution >= 4 is 50.7 Å².